The van der Waals surface area contributed by atoms with E-state index in [0.717, 1.165) is 0 Å². The summed E-state index contributed by atoms with van der Waals surface area (Å²) in [5.74, 6) is -5.98. The Bertz CT molecular complexity index is 241. The average molecular weight is 268 g/mol. The Morgan fingerprint density at radius 2 is 1.18 bits per heavy atom. The Labute approximate surface area is 112 Å². The molecule has 0 saturated carbocycles. The average Bonchev–Trinajstić information content (AvgIpc) is 1.82. The van der Waals surface area contributed by atoms with Crippen LogP contribution in [0.5, 0.6) is 0 Å². The fourth-order valence-electron chi connectivity index (χ4n) is 0.684. The van der Waals surface area contributed by atoms with Crippen LogP contribution in [0.4, 0.5) is 0 Å². The number of carboxylic acid groups (broad SMARTS) is 3. The second kappa shape index (κ2) is 11.5. The van der Waals surface area contributed by atoms with Gasteiger partial charge in [0.05, 0.1) is 5.97 Å². The van der Waals surface area contributed by atoms with Gasteiger partial charge >= 0.3 is 24.5 Å². The van der Waals surface area contributed by atoms with Gasteiger partial charge in [-0.2, -0.15) is 0 Å². The van der Waals surface area contributed by atoms with E-state index in [-0.39, 0.29) is 40.9 Å². The normalized spacial score (nSPS) is 8.29. The summed E-state index contributed by atoms with van der Waals surface area (Å²) in [5.41, 5.74) is -2.97. The molecule has 0 aliphatic carbocycles. The molecule has 10 nitrogen and oxygen atoms in total. The van der Waals surface area contributed by atoms with Gasteiger partial charge in [0, 0.05) is 24.8 Å². The van der Waals surface area contributed by atoms with Crippen LogP contribution in [-0.4, -0.2) is 68.1 Å². The summed E-state index contributed by atoms with van der Waals surface area (Å²) in [6.45, 7) is 0. The van der Waals surface area contributed by atoms with Crippen LogP contribution in [0.1, 0.15) is 14.3 Å². The smallest absolute Gasteiger partial charge is 0.550 e. The Hall–Kier alpha value is -0.984. The molecule has 0 aliphatic heterocycles. The molecule has 0 heterocycles. The van der Waals surface area contributed by atoms with Crippen LogP contribution >= 0.6 is 0 Å². The third-order valence-electron chi connectivity index (χ3n) is 1.25. The third-order valence-corrected chi connectivity index (χ3v) is 1.25. The zero-order chi connectivity index (χ0) is 10.6. The molecule has 0 radical (unpaired) electrons. The molecule has 0 aromatic carbocycles. The number of carbonyl (C=O) groups is 3. The van der Waals surface area contributed by atoms with Gasteiger partial charge in [0.15, 0.2) is 0 Å². The monoisotopic (exact) mass is 268 g/mol. The fourth-order valence-corrected chi connectivity index (χ4v) is 0.684. The summed E-state index contributed by atoms with van der Waals surface area (Å²) in [5, 5.41) is 38.9. The van der Waals surface area contributed by atoms with E-state index in [2.05, 4.69) is 0 Å². The molecule has 0 rings (SSSR count). The molecule has 7 N–H and O–H groups in total. The summed E-state index contributed by atoms with van der Waals surface area (Å²) in [7, 11) is 0. The van der Waals surface area contributed by atoms with Gasteiger partial charge in [-0.15, -0.1) is 0 Å². The molecule has 0 unspecified atom stereocenters. The molecule has 17 heavy (non-hydrogen) atoms. The molecule has 98 valence electrons. The molecule has 0 aliphatic rings. The van der Waals surface area contributed by atoms with Crippen molar-refractivity contribution in [1.82, 2.24) is 0 Å². The predicted octanol–water partition coefficient (Wildman–Crippen LogP) is -7.99. The molecule has 0 atom stereocenters. The number of aliphatic hydroxyl groups is 1. The number of aliphatic carboxylic acids is 3. The van der Waals surface area contributed by atoms with Crippen molar-refractivity contribution in [1.29, 1.82) is 0 Å². The van der Waals surface area contributed by atoms with Crippen LogP contribution in [0.15, 0.2) is 0 Å². The first-order valence-corrected chi connectivity index (χ1v) is 3.11. The van der Waals surface area contributed by atoms with E-state index in [9.17, 15) is 29.7 Å². The predicted molar refractivity (Wildman–Crippen MR) is 46.9 cm³/mol. The molecule has 0 spiro atoms. The molecule has 0 aromatic rings. The maximum absolute atomic E-state index is 10.1. The van der Waals surface area contributed by atoms with Gasteiger partial charge < -0.3 is 51.2 Å². The third kappa shape index (κ3) is 11.3. The Morgan fingerprint density at radius 1 is 0.941 bits per heavy atom. The van der Waals surface area contributed by atoms with Crippen molar-refractivity contribution in [2.24, 2.45) is 0 Å². The Morgan fingerprint density at radius 3 is 1.29 bits per heavy atom. The van der Waals surface area contributed by atoms with Gasteiger partial charge in [0.1, 0.15) is 5.60 Å². The molecule has 0 bridgehead atoms. The first kappa shape index (κ1) is 29.8. The molecule has 0 saturated heterocycles. The van der Waals surface area contributed by atoms with Crippen LogP contribution in [-0.2, 0) is 14.4 Å². The topological polar surface area (TPSA) is 235 Å². The standard InChI is InChI=1S/C6H8O7.Mg.3H2O/c7-3(8)1-6(13,5(11)12)2-4(9)10;;;;/h13H,1-2H2,(H,7,8)(H,9,10)(H,11,12);;3*1H2/q;+2;;;/p-2. The summed E-state index contributed by atoms with van der Waals surface area (Å²) in [4.78, 5) is 30.0. The molecule has 11 heteroatoms. The van der Waals surface area contributed by atoms with Crippen LogP contribution in [0.25, 0.3) is 0 Å². The van der Waals surface area contributed by atoms with Crippen LogP contribution in [0, 0.1) is 0 Å². The van der Waals surface area contributed by atoms with Gasteiger partial charge in [-0.3, -0.25) is 0 Å². The van der Waals surface area contributed by atoms with Crippen molar-refractivity contribution in [3.63, 3.8) is 0 Å². The molecular formula is C6H12MgO10. The van der Waals surface area contributed by atoms with Crippen molar-refractivity contribution in [2.45, 2.75) is 18.4 Å². The van der Waals surface area contributed by atoms with E-state index >= 15 is 0 Å². The number of carbonyl (C=O) groups excluding carboxylic acids is 3. The van der Waals surface area contributed by atoms with Crippen LogP contribution in [0.2, 0.25) is 0 Å². The fraction of sp³-hybridized carbons (Fsp3) is 0.500. The van der Waals surface area contributed by atoms with E-state index in [1.807, 2.05) is 0 Å². The van der Waals surface area contributed by atoms with Gasteiger partial charge in [-0.05, 0) is 0 Å². The first-order chi connectivity index (χ1) is 5.78. The maximum Gasteiger partial charge on any atom is 2.00 e. The summed E-state index contributed by atoms with van der Waals surface area (Å²) < 4.78 is 0. The zero-order valence-electron chi connectivity index (χ0n) is 9.52. The maximum atomic E-state index is 10.1. The van der Waals surface area contributed by atoms with Crippen molar-refractivity contribution in [2.75, 3.05) is 0 Å². The number of carboxylic acids is 3. The number of rotatable bonds is 5. The van der Waals surface area contributed by atoms with Crippen LogP contribution in [0.3, 0.4) is 0 Å². The Balaban J connectivity index is -0.0000000720. The van der Waals surface area contributed by atoms with Gasteiger partial charge in [0.2, 0.25) is 0 Å². The van der Waals surface area contributed by atoms with Gasteiger partial charge in [-0.1, -0.05) is 0 Å². The second-order valence-corrected chi connectivity index (χ2v) is 2.42. The minimum Gasteiger partial charge on any atom is -0.550 e. The largest absolute Gasteiger partial charge is 2.00 e. The molecular weight excluding hydrogens is 256 g/mol. The van der Waals surface area contributed by atoms with Crippen LogP contribution < -0.4 is 15.3 Å². The number of hydrogen-bond donors (Lipinski definition) is 1. The summed E-state index contributed by atoms with van der Waals surface area (Å²) >= 11 is 0. The zero-order valence-corrected chi connectivity index (χ0v) is 9.93. The van der Waals surface area contributed by atoms with E-state index in [0.29, 0.717) is 0 Å². The van der Waals surface area contributed by atoms with E-state index in [1.165, 1.54) is 0 Å². The van der Waals surface area contributed by atoms with E-state index in [1.54, 1.807) is 0 Å². The van der Waals surface area contributed by atoms with Crippen molar-refractivity contribution in [3.05, 3.63) is 0 Å². The van der Waals surface area contributed by atoms with E-state index in [4.69, 9.17) is 5.11 Å². The summed E-state index contributed by atoms with van der Waals surface area (Å²) in [6.07, 6.45) is -2.72. The van der Waals surface area contributed by atoms with Crippen molar-refractivity contribution >= 4 is 41.0 Å². The SMILES string of the molecule is O.O.O.O=C([O-])CC(O)(CC(=O)[O-])C(=O)[O-].[H+].[Mg+2]. The van der Waals surface area contributed by atoms with Gasteiger partial charge in [-0.25, -0.2) is 0 Å². The van der Waals surface area contributed by atoms with Crippen molar-refractivity contribution in [3.8, 4) is 0 Å². The minimum atomic E-state index is -2.97. The molecule has 0 amide bonds. The van der Waals surface area contributed by atoms with Gasteiger partial charge in [0.25, 0.3) is 0 Å². The molecule has 0 fully saturated rings. The summed E-state index contributed by atoms with van der Waals surface area (Å²) in [6, 6.07) is 0. The minimum absolute atomic E-state index is 0. The van der Waals surface area contributed by atoms with Crippen molar-refractivity contribution < 1.29 is 52.7 Å². The number of hydrogen-bond acceptors (Lipinski definition) is 7. The second-order valence-electron chi connectivity index (χ2n) is 2.42. The quantitative estimate of drug-likeness (QED) is 0.471. The van der Waals surface area contributed by atoms with E-state index < -0.39 is 36.4 Å². The molecule has 0 aromatic heterocycles. The first-order valence-electron chi connectivity index (χ1n) is 3.11. The Kier molecular flexibility index (Phi) is 20.1.